The summed E-state index contributed by atoms with van der Waals surface area (Å²) in [5, 5.41) is 0. The summed E-state index contributed by atoms with van der Waals surface area (Å²) in [5.74, 6) is 0.0274. The molecule has 96 valence electrons. The first-order valence-electron chi connectivity index (χ1n) is 5.95. The van der Waals surface area contributed by atoms with Gasteiger partial charge in [-0.25, -0.2) is 4.98 Å². The molecule has 1 amide bonds. The third-order valence-electron chi connectivity index (χ3n) is 3.11. The summed E-state index contributed by atoms with van der Waals surface area (Å²) in [5.41, 5.74) is 6.83. The van der Waals surface area contributed by atoms with Crippen LogP contribution in [0.4, 0.5) is 0 Å². The molecule has 2 N–H and O–H groups in total. The summed E-state index contributed by atoms with van der Waals surface area (Å²) >= 11 is 5.00. The number of piperidine rings is 1. The van der Waals surface area contributed by atoms with Crippen molar-refractivity contribution in [3.05, 3.63) is 23.8 Å². The number of hydrogen-bond donors (Lipinski definition) is 1. The van der Waals surface area contributed by atoms with E-state index in [0.29, 0.717) is 17.2 Å². The Kier molecular flexibility index (Phi) is 3.86. The zero-order valence-corrected chi connectivity index (χ0v) is 11.1. The number of nitrogens with zero attached hydrogens (tertiary/aromatic N) is 3. The summed E-state index contributed by atoms with van der Waals surface area (Å²) in [4.78, 5) is 22.7. The Labute approximate surface area is 111 Å². The van der Waals surface area contributed by atoms with Crippen molar-refractivity contribution in [3.8, 4) is 0 Å². The zero-order chi connectivity index (χ0) is 13.1. The van der Waals surface area contributed by atoms with E-state index in [1.165, 1.54) is 6.20 Å². The van der Waals surface area contributed by atoms with Gasteiger partial charge < -0.3 is 10.6 Å². The molecule has 2 rings (SSSR count). The first kappa shape index (κ1) is 12.9. The average Bonchev–Trinajstić information content (AvgIpc) is 2.39. The van der Waals surface area contributed by atoms with Gasteiger partial charge >= 0.3 is 0 Å². The number of thiocarbonyl (C=S) groups is 1. The monoisotopic (exact) mass is 264 g/mol. The number of carbonyl (C=O) groups is 1. The number of hydrogen-bond acceptors (Lipinski definition) is 4. The Balaban J connectivity index is 2.09. The van der Waals surface area contributed by atoms with Gasteiger partial charge in [0.2, 0.25) is 0 Å². The van der Waals surface area contributed by atoms with Gasteiger partial charge in [-0.15, -0.1) is 0 Å². The van der Waals surface area contributed by atoms with Crippen LogP contribution >= 0.6 is 12.2 Å². The maximum Gasteiger partial charge on any atom is 0.274 e. The quantitative estimate of drug-likeness (QED) is 0.804. The van der Waals surface area contributed by atoms with Crippen molar-refractivity contribution < 1.29 is 4.79 Å². The minimum absolute atomic E-state index is 0.0940. The molecule has 1 aromatic heterocycles. The number of aryl methyl sites for hydroxylation is 1. The second-order valence-electron chi connectivity index (χ2n) is 4.54. The Morgan fingerprint density at radius 3 is 2.89 bits per heavy atom. The lowest BCUT2D eigenvalue weighted by molar-refractivity contribution is 0.0697. The molecule has 1 atom stereocenters. The maximum atomic E-state index is 12.2. The van der Waals surface area contributed by atoms with Gasteiger partial charge in [0.1, 0.15) is 5.69 Å². The Hall–Kier alpha value is -1.56. The van der Waals surface area contributed by atoms with E-state index in [4.69, 9.17) is 18.0 Å². The molecular formula is C12H16N4OS. The number of amides is 1. The molecule has 5 nitrogen and oxygen atoms in total. The predicted molar refractivity (Wildman–Crippen MR) is 72.2 cm³/mol. The average molecular weight is 264 g/mol. The second-order valence-corrected chi connectivity index (χ2v) is 5.01. The number of rotatable bonds is 2. The normalized spacial score (nSPS) is 19.6. The molecule has 18 heavy (non-hydrogen) atoms. The molecule has 0 bridgehead atoms. The fourth-order valence-corrected chi connectivity index (χ4v) is 2.25. The van der Waals surface area contributed by atoms with Crippen LogP contribution in [0.3, 0.4) is 0 Å². The van der Waals surface area contributed by atoms with Gasteiger partial charge in [0.05, 0.1) is 16.9 Å². The van der Waals surface area contributed by atoms with Crippen LogP contribution in [0.15, 0.2) is 12.4 Å². The van der Waals surface area contributed by atoms with Crippen molar-refractivity contribution in [1.82, 2.24) is 14.9 Å². The van der Waals surface area contributed by atoms with Gasteiger partial charge in [0, 0.05) is 25.2 Å². The van der Waals surface area contributed by atoms with Crippen LogP contribution in [0.2, 0.25) is 0 Å². The van der Waals surface area contributed by atoms with E-state index in [2.05, 4.69) is 9.97 Å². The topological polar surface area (TPSA) is 72.1 Å². The summed E-state index contributed by atoms with van der Waals surface area (Å²) < 4.78 is 0. The molecule has 1 unspecified atom stereocenters. The van der Waals surface area contributed by atoms with Crippen LogP contribution in [0, 0.1) is 12.8 Å². The summed E-state index contributed by atoms with van der Waals surface area (Å²) in [6.07, 6.45) is 5.00. The smallest absolute Gasteiger partial charge is 0.274 e. The molecule has 6 heteroatoms. The minimum atomic E-state index is -0.0940. The molecule has 1 aromatic rings. The zero-order valence-electron chi connectivity index (χ0n) is 10.3. The minimum Gasteiger partial charge on any atom is -0.393 e. The first-order chi connectivity index (χ1) is 8.58. The molecule has 0 radical (unpaired) electrons. The van der Waals surface area contributed by atoms with Crippen molar-refractivity contribution in [2.45, 2.75) is 19.8 Å². The van der Waals surface area contributed by atoms with E-state index in [0.717, 1.165) is 25.1 Å². The van der Waals surface area contributed by atoms with Crippen molar-refractivity contribution in [1.29, 1.82) is 0 Å². The lowest BCUT2D eigenvalue weighted by Crippen LogP contribution is -2.43. The third-order valence-corrected chi connectivity index (χ3v) is 3.44. The lowest BCUT2D eigenvalue weighted by atomic mass is 9.98. The second kappa shape index (κ2) is 5.39. The maximum absolute atomic E-state index is 12.2. The highest BCUT2D eigenvalue weighted by molar-refractivity contribution is 7.80. The predicted octanol–water partition coefficient (Wildman–Crippen LogP) is 0.923. The number of carbonyl (C=O) groups excluding carboxylic acids is 1. The fraction of sp³-hybridized carbons (Fsp3) is 0.500. The van der Waals surface area contributed by atoms with Crippen LogP contribution in [0.1, 0.15) is 29.0 Å². The number of likely N-dealkylation sites (tertiary alicyclic amines) is 1. The van der Waals surface area contributed by atoms with Gasteiger partial charge in [0.25, 0.3) is 5.91 Å². The molecule has 0 saturated carbocycles. The summed E-state index contributed by atoms with van der Waals surface area (Å²) in [6, 6.07) is 0. The van der Waals surface area contributed by atoms with E-state index in [1.54, 1.807) is 11.1 Å². The van der Waals surface area contributed by atoms with E-state index < -0.39 is 0 Å². The molecule has 1 aliphatic heterocycles. The number of aromatic nitrogens is 2. The molecule has 2 heterocycles. The molecule has 1 aliphatic rings. The molecule has 0 aromatic carbocycles. The van der Waals surface area contributed by atoms with E-state index in [1.807, 2.05) is 6.92 Å². The van der Waals surface area contributed by atoms with E-state index in [-0.39, 0.29) is 11.8 Å². The fourth-order valence-electron chi connectivity index (χ4n) is 2.06. The van der Waals surface area contributed by atoms with Gasteiger partial charge in [-0.3, -0.25) is 9.78 Å². The Bertz CT molecular complexity index is 460. The highest BCUT2D eigenvalue weighted by Crippen LogP contribution is 2.18. The van der Waals surface area contributed by atoms with Crippen molar-refractivity contribution in [2.75, 3.05) is 13.1 Å². The highest BCUT2D eigenvalue weighted by atomic mass is 32.1. The number of nitrogens with two attached hydrogens (primary N) is 1. The van der Waals surface area contributed by atoms with E-state index >= 15 is 0 Å². The Morgan fingerprint density at radius 1 is 1.50 bits per heavy atom. The summed E-state index contributed by atoms with van der Waals surface area (Å²) in [7, 11) is 0. The SMILES string of the molecule is Cc1cnc(C(=O)N2CCCC(C(N)=S)C2)cn1. The molecular weight excluding hydrogens is 248 g/mol. The third kappa shape index (κ3) is 2.81. The van der Waals surface area contributed by atoms with Gasteiger partial charge in [-0.05, 0) is 19.8 Å². The van der Waals surface area contributed by atoms with Crippen LogP contribution in [-0.2, 0) is 0 Å². The molecule has 1 saturated heterocycles. The van der Waals surface area contributed by atoms with Crippen molar-refractivity contribution in [2.24, 2.45) is 11.7 Å². The van der Waals surface area contributed by atoms with Crippen LogP contribution < -0.4 is 5.73 Å². The Morgan fingerprint density at radius 2 is 2.28 bits per heavy atom. The van der Waals surface area contributed by atoms with Crippen LogP contribution in [0.5, 0.6) is 0 Å². The summed E-state index contributed by atoms with van der Waals surface area (Å²) in [6.45, 7) is 3.16. The van der Waals surface area contributed by atoms with Crippen LogP contribution in [0.25, 0.3) is 0 Å². The first-order valence-corrected chi connectivity index (χ1v) is 6.36. The largest absolute Gasteiger partial charge is 0.393 e. The van der Waals surface area contributed by atoms with Gasteiger partial charge in [-0.2, -0.15) is 0 Å². The van der Waals surface area contributed by atoms with Crippen molar-refractivity contribution in [3.63, 3.8) is 0 Å². The van der Waals surface area contributed by atoms with Crippen molar-refractivity contribution >= 4 is 23.1 Å². The van der Waals surface area contributed by atoms with Crippen LogP contribution in [-0.4, -0.2) is 38.9 Å². The standard InChI is InChI=1S/C12H16N4OS/c1-8-5-15-10(6-14-8)12(17)16-4-2-3-9(7-16)11(13)18/h5-6,9H,2-4,7H2,1H3,(H2,13,18). The molecule has 1 fully saturated rings. The lowest BCUT2D eigenvalue weighted by Gasteiger charge is -2.31. The highest BCUT2D eigenvalue weighted by Gasteiger charge is 2.26. The van der Waals surface area contributed by atoms with Gasteiger partial charge in [-0.1, -0.05) is 12.2 Å². The molecule has 0 aliphatic carbocycles. The molecule has 0 spiro atoms. The van der Waals surface area contributed by atoms with Gasteiger partial charge in [0.15, 0.2) is 0 Å². The van der Waals surface area contributed by atoms with E-state index in [9.17, 15) is 4.79 Å².